The predicted molar refractivity (Wildman–Crippen MR) is 84.5 cm³/mol. The summed E-state index contributed by atoms with van der Waals surface area (Å²) in [6, 6.07) is 9.47. The SMILES string of the molecule is O=C(NCCCCO)c1ccc2cc(-c3cc[nH]n3)[nH]c2c1. The highest BCUT2D eigenvalue weighted by molar-refractivity contribution is 5.98. The first-order valence-electron chi connectivity index (χ1n) is 7.30. The zero-order chi connectivity index (χ0) is 15.4. The molecule has 6 heteroatoms. The van der Waals surface area contributed by atoms with Crippen molar-refractivity contribution in [3.8, 4) is 11.4 Å². The van der Waals surface area contributed by atoms with Gasteiger partial charge in [-0.05, 0) is 37.1 Å². The zero-order valence-corrected chi connectivity index (χ0v) is 12.1. The molecule has 1 aromatic carbocycles. The second-order valence-electron chi connectivity index (χ2n) is 5.13. The molecule has 0 unspecified atom stereocenters. The number of fused-ring (bicyclic) bond motifs is 1. The number of amides is 1. The molecule has 0 saturated carbocycles. The summed E-state index contributed by atoms with van der Waals surface area (Å²) in [5.74, 6) is -0.101. The molecule has 6 nitrogen and oxygen atoms in total. The summed E-state index contributed by atoms with van der Waals surface area (Å²) in [5, 5.41) is 19.5. The van der Waals surface area contributed by atoms with Crippen molar-refractivity contribution in [3.63, 3.8) is 0 Å². The maximum Gasteiger partial charge on any atom is 0.251 e. The maximum absolute atomic E-state index is 12.1. The van der Waals surface area contributed by atoms with Gasteiger partial charge in [0.2, 0.25) is 0 Å². The van der Waals surface area contributed by atoms with Gasteiger partial charge < -0.3 is 15.4 Å². The van der Waals surface area contributed by atoms with Gasteiger partial charge in [0.05, 0.1) is 5.69 Å². The van der Waals surface area contributed by atoms with Crippen LogP contribution in [-0.2, 0) is 0 Å². The molecular formula is C16H18N4O2. The van der Waals surface area contributed by atoms with Crippen LogP contribution in [0.15, 0.2) is 36.5 Å². The van der Waals surface area contributed by atoms with E-state index in [2.05, 4.69) is 20.5 Å². The predicted octanol–water partition coefficient (Wildman–Crippen LogP) is 2.06. The number of carbonyl (C=O) groups excluding carboxylic acids is 1. The second kappa shape index (κ2) is 6.44. The standard InChI is InChI=1S/C16H18N4O2/c21-8-2-1-6-17-16(22)12-4-3-11-9-15(19-14(11)10-12)13-5-7-18-20-13/h3-5,7,9-10,19,21H,1-2,6,8H2,(H,17,22)(H,18,20). The van der Waals surface area contributed by atoms with Crippen molar-refractivity contribution in [1.82, 2.24) is 20.5 Å². The normalized spacial score (nSPS) is 11.0. The highest BCUT2D eigenvalue weighted by Gasteiger charge is 2.09. The van der Waals surface area contributed by atoms with E-state index in [-0.39, 0.29) is 12.5 Å². The molecule has 22 heavy (non-hydrogen) atoms. The van der Waals surface area contributed by atoms with E-state index in [1.54, 1.807) is 6.20 Å². The van der Waals surface area contributed by atoms with Crippen LogP contribution in [0.2, 0.25) is 0 Å². The fraction of sp³-hybridized carbons (Fsp3) is 0.250. The minimum Gasteiger partial charge on any atom is -0.396 e. The molecule has 3 aromatic rings. The van der Waals surface area contributed by atoms with Crippen LogP contribution in [0.25, 0.3) is 22.3 Å². The van der Waals surface area contributed by atoms with E-state index < -0.39 is 0 Å². The Morgan fingerprint density at radius 2 is 2.14 bits per heavy atom. The van der Waals surface area contributed by atoms with Crippen molar-refractivity contribution in [2.45, 2.75) is 12.8 Å². The summed E-state index contributed by atoms with van der Waals surface area (Å²) in [4.78, 5) is 15.4. The Morgan fingerprint density at radius 1 is 1.23 bits per heavy atom. The van der Waals surface area contributed by atoms with E-state index in [0.717, 1.165) is 28.7 Å². The molecule has 4 N–H and O–H groups in total. The van der Waals surface area contributed by atoms with Gasteiger partial charge in [0.1, 0.15) is 5.69 Å². The average Bonchev–Trinajstić information content (AvgIpc) is 3.18. The third-order valence-corrected chi connectivity index (χ3v) is 3.53. The van der Waals surface area contributed by atoms with E-state index in [9.17, 15) is 4.79 Å². The van der Waals surface area contributed by atoms with Crippen molar-refractivity contribution in [2.24, 2.45) is 0 Å². The molecule has 0 aliphatic heterocycles. The molecule has 3 rings (SSSR count). The number of H-pyrrole nitrogens is 2. The van der Waals surface area contributed by atoms with E-state index >= 15 is 0 Å². The largest absolute Gasteiger partial charge is 0.396 e. The molecule has 0 atom stereocenters. The van der Waals surface area contributed by atoms with Gasteiger partial charge in [-0.3, -0.25) is 9.89 Å². The lowest BCUT2D eigenvalue weighted by atomic mass is 10.1. The second-order valence-corrected chi connectivity index (χ2v) is 5.13. The third kappa shape index (κ3) is 3.01. The van der Waals surface area contributed by atoms with Crippen LogP contribution in [0.5, 0.6) is 0 Å². The number of aromatic nitrogens is 3. The Bertz CT molecular complexity index is 762. The van der Waals surface area contributed by atoms with Gasteiger partial charge in [0, 0.05) is 35.8 Å². The Balaban J connectivity index is 1.76. The van der Waals surface area contributed by atoms with E-state index in [1.165, 1.54) is 0 Å². The first-order valence-corrected chi connectivity index (χ1v) is 7.30. The minimum absolute atomic E-state index is 0.101. The summed E-state index contributed by atoms with van der Waals surface area (Å²) < 4.78 is 0. The number of aliphatic hydroxyl groups excluding tert-OH is 1. The van der Waals surface area contributed by atoms with Gasteiger partial charge in [-0.1, -0.05) is 6.07 Å². The van der Waals surface area contributed by atoms with Gasteiger partial charge in [-0.25, -0.2) is 0 Å². The monoisotopic (exact) mass is 298 g/mol. The van der Waals surface area contributed by atoms with E-state index in [4.69, 9.17) is 5.11 Å². The smallest absolute Gasteiger partial charge is 0.251 e. The van der Waals surface area contributed by atoms with E-state index in [0.29, 0.717) is 18.5 Å². The number of unbranched alkanes of at least 4 members (excludes halogenated alkanes) is 1. The van der Waals surface area contributed by atoms with E-state index in [1.807, 2.05) is 30.3 Å². The van der Waals surface area contributed by atoms with Gasteiger partial charge in [0.25, 0.3) is 5.91 Å². The van der Waals surface area contributed by atoms with Crippen molar-refractivity contribution in [3.05, 3.63) is 42.1 Å². The first kappa shape index (κ1) is 14.3. The van der Waals surface area contributed by atoms with Crippen LogP contribution in [0.4, 0.5) is 0 Å². The van der Waals surface area contributed by atoms with Crippen LogP contribution in [0.1, 0.15) is 23.2 Å². The molecule has 0 bridgehead atoms. The molecular weight excluding hydrogens is 280 g/mol. The Hall–Kier alpha value is -2.60. The number of rotatable bonds is 6. The van der Waals surface area contributed by atoms with Crippen molar-refractivity contribution < 1.29 is 9.90 Å². The molecule has 1 amide bonds. The summed E-state index contributed by atoms with van der Waals surface area (Å²) >= 11 is 0. The molecule has 0 saturated heterocycles. The lowest BCUT2D eigenvalue weighted by molar-refractivity contribution is 0.0952. The first-order chi connectivity index (χ1) is 10.8. The molecule has 0 radical (unpaired) electrons. The highest BCUT2D eigenvalue weighted by Crippen LogP contribution is 2.23. The fourth-order valence-electron chi connectivity index (χ4n) is 2.36. The summed E-state index contributed by atoms with van der Waals surface area (Å²) in [5.41, 5.74) is 3.27. The maximum atomic E-state index is 12.1. The number of carbonyl (C=O) groups is 1. The number of nitrogens with one attached hydrogen (secondary N) is 3. The van der Waals surface area contributed by atoms with Crippen LogP contribution < -0.4 is 5.32 Å². The Labute approximate surface area is 127 Å². The molecule has 2 heterocycles. The van der Waals surface area contributed by atoms with Crippen LogP contribution in [0, 0.1) is 0 Å². The molecule has 0 spiro atoms. The number of aliphatic hydroxyl groups is 1. The van der Waals surface area contributed by atoms with Crippen LogP contribution >= 0.6 is 0 Å². The quantitative estimate of drug-likeness (QED) is 0.525. The number of hydrogen-bond donors (Lipinski definition) is 4. The molecule has 0 aliphatic rings. The summed E-state index contributed by atoms with van der Waals surface area (Å²) in [6.45, 7) is 0.723. The lowest BCUT2D eigenvalue weighted by Gasteiger charge is -2.04. The molecule has 0 aliphatic carbocycles. The number of benzene rings is 1. The molecule has 2 aromatic heterocycles. The Morgan fingerprint density at radius 3 is 2.91 bits per heavy atom. The van der Waals surface area contributed by atoms with Crippen LogP contribution in [-0.4, -0.2) is 39.3 Å². The highest BCUT2D eigenvalue weighted by atomic mass is 16.2. The van der Waals surface area contributed by atoms with Gasteiger partial charge in [-0.15, -0.1) is 0 Å². The van der Waals surface area contributed by atoms with Gasteiger partial charge >= 0.3 is 0 Å². The zero-order valence-electron chi connectivity index (χ0n) is 12.1. The molecule has 114 valence electrons. The number of aromatic amines is 2. The topological polar surface area (TPSA) is 93.8 Å². The summed E-state index contributed by atoms with van der Waals surface area (Å²) in [7, 11) is 0. The number of hydrogen-bond acceptors (Lipinski definition) is 3. The minimum atomic E-state index is -0.101. The summed E-state index contributed by atoms with van der Waals surface area (Å²) in [6.07, 6.45) is 3.24. The van der Waals surface area contributed by atoms with Gasteiger partial charge in [0.15, 0.2) is 0 Å². The van der Waals surface area contributed by atoms with Crippen molar-refractivity contribution in [1.29, 1.82) is 0 Å². The van der Waals surface area contributed by atoms with Crippen molar-refractivity contribution >= 4 is 16.8 Å². The third-order valence-electron chi connectivity index (χ3n) is 3.53. The van der Waals surface area contributed by atoms with Crippen LogP contribution in [0.3, 0.4) is 0 Å². The van der Waals surface area contributed by atoms with Gasteiger partial charge in [-0.2, -0.15) is 5.10 Å². The Kier molecular flexibility index (Phi) is 4.20. The average molecular weight is 298 g/mol. The van der Waals surface area contributed by atoms with Crippen molar-refractivity contribution in [2.75, 3.05) is 13.2 Å². The number of nitrogens with zero attached hydrogens (tertiary/aromatic N) is 1. The lowest BCUT2D eigenvalue weighted by Crippen LogP contribution is -2.24. The fourth-order valence-corrected chi connectivity index (χ4v) is 2.36. The molecule has 0 fully saturated rings.